The fourth-order valence-corrected chi connectivity index (χ4v) is 1.27. The van der Waals surface area contributed by atoms with E-state index in [0.717, 1.165) is 12.1 Å². The van der Waals surface area contributed by atoms with Crippen molar-refractivity contribution in [3.05, 3.63) is 28.5 Å². The Bertz CT molecular complexity index is 497. The maximum atomic E-state index is 13.4. The second-order valence-corrected chi connectivity index (χ2v) is 3.26. The molecular weight excluding hydrogens is 247 g/mol. The summed E-state index contributed by atoms with van der Waals surface area (Å²) in [7, 11) is 0. The van der Waals surface area contributed by atoms with Crippen molar-refractivity contribution in [2.75, 3.05) is 6.61 Å². The van der Waals surface area contributed by atoms with Crippen molar-refractivity contribution >= 4 is 24.2 Å². The van der Waals surface area contributed by atoms with Gasteiger partial charge in [-0.3, -0.25) is 4.79 Å². The van der Waals surface area contributed by atoms with Crippen LogP contribution >= 0.6 is 11.6 Å². The highest BCUT2D eigenvalue weighted by Crippen LogP contribution is 2.27. The van der Waals surface area contributed by atoms with E-state index < -0.39 is 11.7 Å². The predicted octanol–water partition coefficient (Wildman–Crippen LogP) is 1.84. The summed E-state index contributed by atoms with van der Waals surface area (Å²) >= 11 is 5.72. The summed E-state index contributed by atoms with van der Waals surface area (Å²) in [5.74, 6) is 0.815. The second kappa shape index (κ2) is 5.87. The quantitative estimate of drug-likeness (QED) is 0.506. The van der Waals surface area contributed by atoms with Crippen LogP contribution in [0.15, 0.2) is 17.2 Å². The van der Waals surface area contributed by atoms with Crippen molar-refractivity contribution in [2.24, 2.45) is 5.10 Å². The lowest BCUT2D eigenvalue weighted by Crippen LogP contribution is -2.18. The molecule has 0 saturated heterocycles. The first-order valence-electron chi connectivity index (χ1n) is 4.41. The fourth-order valence-electron chi connectivity index (χ4n) is 1.07. The van der Waals surface area contributed by atoms with Crippen molar-refractivity contribution in [1.82, 2.24) is 5.43 Å². The third kappa shape index (κ3) is 3.20. The maximum Gasteiger partial charge on any atom is 0.274 e. The van der Waals surface area contributed by atoms with Crippen LogP contribution in [-0.4, -0.2) is 19.2 Å². The van der Waals surface area contributed by atoms with Gasteiger partial charge in [-0.2, -0.15) is 5.10 Å². The Morgan fingerprint density at radius 2 is 2.41 bits per heavy atom. The second-order valence-electron chi connectivity index (χ2n) is 2.85. The van der Waals surface area contributed by atoms with Crippen molar-refractivity contribution in [3.63, 3.8) is 0 Å². The molecule has 0 saturated carbocycles. The molecule has 1 aromatic rings. The zero-order valence-corrected chi connectivity index (χ0v) is 9.42. The number of carbonyl (C=O) groups excluding carboxylic acids is 1. The smallest absolute Gasteiger partial charge is 0.274 e. The lowest BCUT2D eigenvalue weighted by molar-refractivity contribution is 0.0951. The fraction of sp³-hybridized carbons (Fsp3) is 0.0909. The molecule has 0 radical (unpaired) electrons. The highest BCUT2D eigenvalue weighted by atomic mass is 35.5. The standard InChI is InChI=1S/C11H8ClFN2O2/c1-3-4-17-10-5-7(11(16)15-14-2)9(13)6-8(10)12/h1,5-6H,2,4H2,(H,15,16). The molecule has 1 amide bonds. The number of nitrogens with one attached hydrogen (secondary N) is 1. The normalized spacial score (nSPS) is 9.24. The Morgan fingerprint density at radius 1 is 1.71 bits per heavy atom. The Hall–Kier alpha value is -2.06. The maximum absolute atomic E-state index is 13.4. The lowest BCUT2D eigenvalue weighted by atomic mass is 10.2. The van der Waals surface area contributed by atoms with Gasteiger partial charge in [-0.25, -0.2) is 9.82 Å². The lowest BCUT2D eigenvalue weighted by Gasteiger charge is -2.08. The molecular formula is C11H8ClFN2O2. The third-order valence-electron chi connectivity index (χ3n) is 1.76. The molecule has 17 heavy (non-hydrogen) atoms. The van der Waals surface area contributed by atoms with E-state index in [-0.39, 0.29) is 22.9 Å². The Morgan fingerprint density at radius 3 is 3.00 bits per heavy atom. The van der Waals surface area contributed by atoms with Gasteiger partial charge in [0.15, 0.2) is 0 Å². The number of carbonyl (C=O) groups is 1. The average molecular weight is 255 g/mol. The summed E-state index contributed by atoms with van der Waals surface area (Å²) in [5, 5.41) is 3.17. The Kier molecular flexibility index (Phi) is 4.49. The molecule has 0 bridgehead atoms. The monoisotopic (exact) mass is 254 g/mol. The van der Waals surface area contributed by atoms with Gasteiger partial charge >= 0.3 is 0 Å². The molecule has 88 valence electrons. The van der Waals surface area contributed by atoms with Crippen LogP contribution in [0.2, 0.25) is 5.02 Å². The van der Waals surface area contributed by atoms with E-state index in [1.807, 2.05) is 5.43 Å². The van der Waals surface area contributed by atoms with Gasteiger partial charge in [0.2, 0.25) is 0 Å². The number of ether oxygens (including phenoxy) is 1. The number of hydrazone groups is 1. The number of amides is 1. The van der Waals surface area contributed by atoms with Gasteiger partial charge in [0.05, 0.1) is 10.6 Å². The summed E-state index contributed by atoms with van der Waals surface area (Å²) < 4.78 is 18.5. The van der Waals surface area contributed by atoms with Crippen molar-refractivity contribution in [3.8, 4) is 18.1 Å². The molecule has 0 spiro atoms. The van der Waals surface area contributed by atoms with Gasteiger partial charge in [0.1, 0.15) is 18.2 Å². The van der Waals surface area contributed by atoms with Crippen molar-refractivity contribution < 1.29 is 13.9 Å². The van der Waals surface area contributed by atoms with Crippen molar-refractivity contribution in [1.29, 1.82) is 0 Å². The number of rotatable bonds is 4. The molecule has 0 aliphatic heterocycles. The van der Waals surface area contributed by atoms with Gasteiger partial charge in [-0.15, -0.1) is 6.42 Å². The van der Waals surface area contributed by atoms with E-state index in [1.165, 1.54) is 0 Å². The number of halogens is 2. The molecule has 0 unspecified atom stereocenters. The zero-order valence-electron chi connectivity index (χ0n) is 8.67. The summed E-state index contributed by atoms with van der Waals surface area (Å²) in [6, 6.07) is 2.11. The van der Waals surface area contributed by atoms with E-state index in [4.69, 9.17) is 22.8 Å². The van der Waals surface area contributed by atoms with E-state index in [2.05, 4.69) is 17.7 Å². The molecule has 1 aromatic carbocycles. The molecule has 0 fully saturated rings. The minimum atomic E-state index is -0.788. The van der Waals surface area contributed by atoms with Crippen LogP contribution in [0, 0.1) is 18.2 Å². The molecule has 0 aliphatic rings. The van der Waals surface area contributed by atoms with E-state index in [0.29, 0.717) is 0 Å². The van der Waals surface area contributed by atoms with Crippen LogP contribution in [0.25, 0.3) is 0 Å². The van der Waals surface area contributed by atoms with E-state index >= 15 is 0 Å². The first kappa shape index (κ1) is 13.0. The minimum absolute atomic E-state index is 0.0286. The van der Waals surface area contributed by atoms with Crippen LogP contribution in [0.4, 0.5) is 4.39 Å². The first-order valence-corrected chi connectivity index (χ1v) is 4.79. The number of benzene rings is 1. The van der Waals surface area contributed by atoms with Gasteiger partial charge in [0.25, 0.3) is 5.91 Å². The highest BCUT2D eigenvalue weighted by Gasteiger charge is 2.15. The van der Waals surface area contributed by atoms with E-state index in [9.17, 15) is 9.18 Å². The number of nitrogens with zero attached hydrogens (tertiary/aromatic N) is 1. The SMILES string of the molecule is C#CCOc1cc(C(=O)NN=C)c(F)cc1Cl. The largest absolute Gasteiger partial charge is 0.479 e. The average Bonchev–Trinajstić information content (AvgIpc) is 2.28. The predicted molar refractivity (Wildman–Crippen MR) is 62.8 cm³/mol. The van der Waals surface area contributed by atoms with E-state index in [1.54, 1.807) is 0 Å². The zero-order chi connectivity index (χ0) is 12.8. The Balaban J connectivity index is 3.10. The van der Waals surface area contributed by atoms with Gasteiger partial charge in [-0.05, 0) is 12.1 Å². The summed E-state index contributed by atoms with van der Waals surface area (Å²) in [6.07, 6.45) is 5.01. The number of terminal acetylenes is 1. The van der Waals surface area contributed by atoms with Gasteiger partial charge in [0, 0.05) is 6.72 Å². The third-order valence-corrected chi connectivity index (χ3v) is 2.05. The first-order chi connectivity index (χ1) is 8.10. The number of hydrogen-bond acceptors (Lipinski definition) is 3. The molecule has 4 nitrogen and oxygen atoms in total. The van der Waals surface area contributed by atoms with Crippen LogP contribution in [0.3, 0.4) is 0 Å². The van der Waals surface area contributed by atoms with Crippen LogP contribution in [0.5, 0.6) is 5.75 Å². The molecule has 0 atom stereocenters. The van der Waals surface area contributed by atoms with Gasteiger partial charge in [-0.1, -0.05) is 17.5 Å². The summed E-state index contributed by atoms with van der Waals surface area (Å²) in [4.78, 5) is 11.4. The topological polar surface area (TPSA) is 50.7 Å². The summed E-state index contributed by atoms with van der Waals surface area (Å²) in [5.41, 5.74) is 1.75. The van der Waals surface area contributed by atoms with Gasteiger partial charge < -0.3 is 4.74 Å². The van der Waals surface area contributed by atoms with Crippen LogP contribution in [0.1, 0.15) is 10.4 Å². The molecule has 1 N–H and O–H groups in total. The molecule has 6 heteroatoms. The van der Waals surface area contributed by atoms with Crippen molar-refractivity contribution in [2.45, 2.75) is 0 Å². The molecule has 1 rings (SSSR count). The molecule has 0 aromatic heterocycles. The summed E-state index contributed by atoms with van der Waals surface area (Å²) in [6.45, 7) is 3.02. The molecule has 0 aliphatic carbocycles. The molecule has 0 heterocycles. The number of hydrogen-bond donors (Lipinski definition) is 1. The van der Waals surface area contributed by atoms with Crippen LogP contribution in [-0.2, 0) is 0 Å². The minimum Gasteiger partial charge on any atom is -0.479 e. The Labute approximate surface area is 102 Å². The highest BCUT2D eigenvalue weighted by molar-refractivity contribution is 6.32. The van der Waals surface area contributed by atoms with Crippen LogP contribution < -0.4 is 10.2 Å².